The number of rotatable bonds is 4. The summed E-state index contributed by atoms with van der Waals surface area (Å²) in [6, 6.07) is 14.5. The zero-order valence-electron chi connectivity index (χ0n) is 14.2. The molecule has 3 aromatic rings. The smallest absolute Gasteiger partial charge is 0.237 e. The lowest BCUT2D eigenvalue weighted by Gasteiger charge is -2.13. The predicted octanol–water partition coefficient (Wildman–Crippen LogP) is 4.58. The molecule has 2 aromatic carbocycles. The first-order valence-corrected chi connectivity index (χ1v) is 9.14. The summed E-state index contributed by atoms with van der Waals surface area (Å²) in [7, 11) is 0. The number of aromatic nitrogens is 2. The van der Waals surface area contributed by atoms with Gasteiger partial charge in [-0.15, -0.1) is 0 Å². The number of para-hydroxylation sites is 1. The topological polar surface area (TPSA) is 78.7 Å². The Balaban J connectivity index is 1.78. The maximum Gasteiger partial charge on any atom is 0.237 e. The first-order valence-electron chi connectivity index (χ1n) is 7.88. The second-order valence-electron chi connectivity index (χ2n) is 5.65. The molecule has 1 amide bonds. The highest BCUT2D eigenvalue weighted by Gasteiger charge is 2.18. The zero-order chi connectivity index (χ0) is 18.7. The number of carbonyl (C=O) groups excluding carboxylic acids is 1. The van der Waals surface area contributed by atoms with E-state index in [9.17, 15) is 4.79 Å². The van der Waals surface area contributed by atoms with Crippen LogP contribution in [0.2, 0.25) is 5.02 Å². The standard InChI is InChI=1S/C19H15ClN4OS/c1-11(18(25)24-14-8-7-13(10-21)16(20)9-14)26-19-15-5-3-4-6-17(15)22-12(2)23-19/h3-9,11H,1-2H3,(H,24,25)/t11-/m0/s1. The molecule has 0 aliphatic carbocycles. The van der Waals surface area contributed by atoms with Crippen molar-refractivity contribution in [2.24, 2.45) is 0 Å². The third kappa shape index (κ3) is 3.96. The lowest BCUT2D eigenvalue weighted by Crippen LogP contribution is -2.22. The highest BCUT2D eigenvalue weighted by molar-refractivity contribution is 8.00. The number of nitriles is 1. The van der Waals surface area contributed by atoms with Gasteiger partial charge in [-0.25, -0.2) is 9.97 Å². The van der Waals surface area contributed by atoms with Crippen molar-refractivity contribution in [3.05, 3.63) is 58.9 Å². The van der Waals surface area contributed by atoms with Gasteiger partial charge in [0, 0.05) is 11.1 Å². The van der Waals surface area contributed by atoms with Crippen LogP contribution in [0.1, 0.15) is 18.3 Å². The minimum Gasteiger partial charge on any atom is -0.325 e. The number of hydrogen-bond donors (Lipinski definition) is 1. The molecule has 0 spiro atoms. The molecule has 0 fully saturated rings. The fraction of sp³-hybridized carbons (Fsp3) is 0.158. The van der Waals surface area contributed by atoms with Crippen LogP contribution in [0.3, 0.4) is 0 Å². The van der Waals surface area contributed by atoms with Crippen LogP contribution < -0.4 is 5.32 Å². The fourth-order valence-corrected chi connectivity index (χ4v) is 3.60. The van der Waals surface area contributed by atoms with Gasteiger partial charge >= 0.3 is 0 Å². The largest absolute Gasteiger partial charge is 0.325 e. The normalized spacial score (nSPS) is 11.8. The van der Waals surface area contributed by atoms with E-state index in [1.807, 2.05) is 44.2 Å². The predicted molar refractivity (Wildman–Crippen MR) is 104 cm³/mol. The van der Waals surface area contributed by atoms with Gasteiger partial charge < -0.3 is 5.32 Å². The summed E-state index contributed by atoms with van der Waals surface area (Å²) in [6.07, 6.45) is 0. The van der Waals surface area contributed by atoms with E-state index < -0.39 is 0 Å². The van der Waals surface area contributed by atoms with Crippen LogP contribution in [-0.4, -0.2) is 21.1 Å². The summed E-state index contributed by atoms with van der Waals surface area (Å²) in [6.45, 7) is 3.65. The van der Waals surface area contributed by atoms with E-state index in [1.165, 1.54) is 11.8 Å². The fourth-order valence-electron chi connectivity index (χ4n) is 2.40. The van der Waals surface area contributed by atoms with E-state index in [0.717, 1.165) is 15.9 Å². The molecule has 3 rings (SSSR count). The van der Waals surface area contributed by atoms with E-state index in [2.05, 4.69) is 15.3 Å². The van der Waals surface area contributed by atoms with Crippen LogP contribution in [-0.2, 0) is 4.79 Å². The number of carbonyl (C=O) groups is 1. The zero-order valence-corrected chi connectivity index (χ0v) is 15.7. The molecule has 0 bridgehead atoms. The molecule has 1 N–H and O–H groups in total. The number of nitrogens with zero attached hydrogens (tertiary/aromatic N) is 3. The molecule has 0 aliphatic rings. The number of anilines is 1. The van der Waals surface area contributed by atoms with E-state index in [1.54, 1.807) is 18.2 Å². The first-order chi connectivity index (χ1) is 12.5. The molecule has 0 saturated heterocycles. The number of hydrogen-bond acceptors (Lipinski definition) is 5. The number of thioether (sulfide) groups is 1. The van der Waals surface area contributed by atoms with Gasteiger partial charge in [-0.2, -0.15) is 5.26 Å². The van der Waals surface area contributed by atoms with Gasteiger partial charge in [-0.1, -0.05) is 41.6 Å². The van der Waals surface area contributed by atoms with Crippen molar-refractivity contribution in [1.82, 2.24) is 9.97 Å². The highest BCUT2D eigenvalue weighted by Crippen LogP contribution is 2.29. The third-order valence-corrected chi connectivity index (χ3v) is 5.11. The molecule has 130 valence electrons. The molecule has 0 saturated carbocycles. The summed E-state index contributed by atoms with van der Waals surface area (Å²) in [5.74, 6) is 0.494. The molecule has 1 atom stereocenters. The SMILES string of the molecule is Cc1nc(S[C@@H](C)C(=O)Nc2ccc(C#N)c(Cl)c2)c2ccccc2n1. The minimum absolute atomic E-state index is 0.170. The average molecular weight is 383 g/mol. The van der Waals surface area contributed by atoms with E-state index >= 15 is 0 Å². The van der Waals surface area contributed by atoms with Gasteiger partial charge in [0.25, 0.3) is 0 Å². The second kappa shape index (κ2) is 7.73. The molecule has 0 radical (unpaired) electrons. The summed E-state index contributed by atoms with van der Waals surface area (Å²) in [4.78, 5) is 21.4. The third-order valence-electron chi connectivity index (χ3n) is 3.69. The van der Waals surface area contributed by atoms with Gasteiger partial charge in [0.2, 0.25) is 5.91 Å². The van der Waals surface area contributed by atoms with Gasteiger partial charge in [-0.3, -0.25) is 4.79 Å². The summed E-state index contributed by atoms with van der Waals surface area (Å²) in [5.41, 5.74) is 1.78. The molecule has 0 aliphatic heterocycles. The number of halogens is 1. The van der Waals surface area contributed by atoms with Crippen molar-refractivity contribution in [3.8, 4) is 6.07 Å². The van der Waals surface area contributed by atoms with E-state index in [0.29, 0.717) is 22.1 Å². The van der Waals surface area contributed by atoms with Crippen LogP contribution in [0, 0.1) is 18.3 Å². The first kappa shape index (κ1) is 18.2. The Bertz CT molecular complexity index is 1030. The second-order valence-corrected chi connectivity index (χ2v) is 7.39. The molecule has 5 nitrogen and oxygen atoms in total. The van der Waals surface area contributed by atoms with Crippen molar-refractivity contribution < 1.29 is 4.79 Å². The van der Waals surface area contributed by atoms with E-state index in [-0.39, 0.29) is 11.2 Å². The van der Waals surface area contributed by atoms with Crippen molar-refractivity contribution in [3.63, 3.8) is 0 Å². The number of aryl methyl sites for hydroxylation is 1. The van der Waals surface area contributed by atoms with Crippen molar-refractivity contribution in [2.45, 2.75) is 24.1 Å². The number of fused-ring (bicyclic) bond motifs is 1. The molecular formula is C19H15ClN4OS. The van der Waals surface area contributed by atoms with Crippen LogP contribution in [0.25, 0.3) is 10.9 Å². The highest BCUT2D eigenvalue weighted by atomic mass is 35.5. The Kier molecular flexibility index (Phi) is 5.40. The summed E-state index contributed by atoms with van der Waals surface area (Å²) >= 11 is 7.39. The van der Waals surface area contributed by atoms with Crippen LogP contribution in [0.15, 0.2) is 47.5 Å². The molecule has 1 heterocycles. The molecule has 7 heteroatoms. The number of benzene rings is 2. The Morgan fingerprint density at radius 3 is 2.77 bits per heavy atom. The minimum atomic E-state index is -0.373. The van der Waals surface area contributed by atoms with Gasteiger partial charge in [0.1, 0.15) is 16.9 Å². The molecular weight excluding hydrogens is 368 g/mol. The van der Waals surface area contributed by atoms with Gasteiger partial charge in [0.05, 0.1) is 21.4 Å². The van der Waals surface area contributed by atoms with Crippen molar-refractivity contribution in [2.75, 3.05) is 5.32 Å². The van der Waals surface area contributed by atoms with Crippen LogP contribution in [0.4, 0.5) is 5.69 Å². The molecule has 26 heavy (non-hydrogen) atoms. The molecule has 0 unspecified atom stereocenters. The van der Waals surface area contributed by atoms with Crippen LogP contribution >= 0.6 is 23.4 Å². The van der Waals surface area contributed by atoms with Crippen molar-refractivity contribution >= 4 is 45.9 Å². The quantitative estimate of drug-likeness (QED) is 0.527. The Labute approximate surface area is 160 Å². The summed E-state index contributed by atoms with van der Waals surface area (Å²) in [5, 5.41) is 13.4. The Morgan fingerprint density at radius 2 is 2.04 bits per heavy atom. The Morgan fingerprint density at radius 1 is 1.27 bits per heavy atom. The number of nitrogens with one attached hydrogen (secondary N) is 1. The lowest BCUT2D eigenvalue weighted by molar-refractivity contribution is -0.115. The van der Waals surface area contributed by atoms with Crippen LogP contribution in [0.5, 0.6) is 0 Å². The molecule has 1 aromatic heterocycles. The maximum atomic E-state index is 12.5. The van der Waals surface area contributed by atoms with Crippen molar-refractivity contribution in [1.29, 1.82) is 5.26 Å². The monoisotopic (exact) mass is 382 g/mol. The van der Waals surface area contributed by atoms with Gasteiger partial charge in [0.15, 0.2) is 0 Å². The summed E-state index contributed by atoms with van der Waals surface area (Å²) < 4.78 is 0. The maximum absolute atomic E-state index is 12.5. The average Bonchev–Trinajstić information content (AvgIpc) is 2.61. The lowest BCUT2D eigenvalue weighted by atomic mass is 10.2. The Hall–Kier alpha value is -2.62. The van der Waals surface area contributed by atoms with Gasteiger partial charge in [-0.05, 0) is 38.1 Å². The van der Waals surface area contributed by atoms with E-state index in [4.69, 9.17) is 16.9 Å². The number of amides is 1.